The molecule has 2 atom stereocenters. The molecule has 1 aliphatic rings. The number of rotatable bonds is 6. The Morgan fingerprint density at radius 1 is 1.62 bits per heavy atom. The molecule has 0 bridgehead atoms. The molecule has 1 aromatic rings. The van der Waals surface area contributed by atoms with E-state index >= 15 is 0 Å². The van der Waals surface area contributed by atoms with Crippen LogP contribution in [0.15, 0.2) is 12.3 Å². The summed E-state index contributed by atoms with van der Waals surface area (Å²) >= 11 is 0. The zero-order valence-electron chi connectivity index (χ0n) is 11.9. The van der Waals surface area contributed by atoms with E-state index in [-0.39, 0.29) is 18.0 Å². The summed E-state index contributed by atoms with van der Waals surface area (Å²) in [5.74, 6) is 0.246. The van der Waals surface area contributed by atoms with Crippen LogP contribution in [0, 0.1) is 0 Å². The number of nitrogens with one attached hydrogen (secondary N) is 2. The Balaban J connectivity index is 1.84. The number of hydrogen-bond donors (Lipinski definition) is 2. The van der Waals surface area contributed by atoms with Crippen LogP contribution in [0.2, 0.25) is 0 Å². The summed E-state index contributed by atoms with van der Waals surface area (Å²) in [5.41, 5.74) is 0. The molecular weight excluding hydrogens is 282 g/mol. The highest BCUT2D eigenvalue weighted by atomic mass is 19.3. The number of amides is 2. The summed E-state index contributed by atoms with van der Waals surface area (Å²) in [6, 6.07) is 1.02. The van der Waals surface area contributed by atoms with E-state index in [0.29, 0.717) is 0 Å². The zero-order valence-corrected chi connectivity index (χ0v) is 11.9. The fourth-order valence-corrected chi connectivity index (χ4v) is 2.37. The molecule has 21 heavy (non-hydrogen) atoms. The first-order valence-corrected chi connectivity index (χ1v) is 7.09. The summed E-state index contributed by atoms with van der Waals surface area (Å²) in [5, 5.41) is 9.23. The summed E-state index contributed by atoms with van der Waals surface area (Å²) in [7, 11) is 0. The van der Waals surface area contributed by atoms with Gasteiger partial charge in [-0.2, -0.15) is 5.10 Å². The normalized spacial score (nSPS) is 19.7. The average Bonchev–Trinajstić information content (AvgIpc) is 3.07. The summed E-state index contributed by atoms with van der Waals surface area (Å²) in [4.78, 5) is 11.9. The number of ether oxygens (including phenoxy) is 1. The number of anilines is 1. The van der Waals surface area contributed by atoms with Crippen LogP contribution in [0.1, 0.15) is 26.2 Å². The highest BCUT2D eigenvalue weighted by Gasteiger charge is 2.26. The van der Waals surface area contributed by atoms with Crippen molar-refractivity contribution in [3.63, 3.8) is 0 Å². The predicted octanol–water partition coefficient (Wildman–Crippen LogP) is 2.23. The number of hydrogen-bond acceptors (Lipinski definition) is 3. The van der Waals surface area contributed by atoms with Crippen LogP contribution >= 0.6 is 0 Å². The highest BCUT2D eigenvalue weighted by Crippen LogP contribution is 2.17. The second-order valence-corrected chi connectivity index (χ2v) is 4.98. The molecular formula is C13H20F2N4O2. The Hall–Kier alpha value is -1.70. The summed E-state index contributed by atoms with van der Waals surface area (Å²) in [6.07, 6.45) is 1.66. The molecule has 0 spiro atoms. The van der Waals surface area contributed by atoms with Crippen molar-refractivity contribution < 1.29 is 18.3 Å². The molecule has 0 saturated carbocycles. The van der Waals surface area contributed by atoms with E-state index < -0.39 is 19.0 Å². The van der Waals surface area contributed by atoms with Crippen LogP contribution in [0.25, 0.3) is 0 Å². The molecule has 0 unspecified atom stereocenters. The van der Waals surface area contributed by atoms with Gasteiger partial charge in [0, 0.05) is 18.9 Å². The molecule has 1 fully saturated rings. The first kappa shape index (κ1) is 15.7. The lowest BCUT2D eigenvalue weighted by molar-refractivity contribution is 0.0804. The van der Waals surface area contributed by atoms with Crippen molar-refractivity contribution in [1.29, 1.82) is 0 Å². The number of carbonyl (C=O) groups is 1. The third-order valence-electron chi connectivity index (χ3n) is 3.38. The van der Waals surface area contributed by atoms with Gasteiger partial charge in [0.05, 0.1) is 12.1 Å². The molecule has 2 heterocycles. The molecule has 1 saturated heterocycles. The Bertz CT molecular complexity index is 461. The minimum absolute atomic E-state index is 0.0390. The van der Waals surface area contributed by atoms with Crippen LogP contribution in [0.5, 0.6) is 0 Å². The second-order valence-electron chi connectivity index (χ2n) is 4.98. The van der Waals surface area contributed by atoms with Gasteiger partial charge in [0.2, 0.25) is 0 Å². The van der Waals surface area contributed by atoms with Crippen molar-refractivity contribution in [3.8, 4) is 0 Å². The molecule has 6 nitrogen and oxygen atoms in total. The predicted molar refractivity (Wildman–Crippen MR) is 73.4 cm³/mol. The van der Waals surface area contributed by atoms with E-state index in [2.05, 4.69) is 15.7 Å². The van der Waals surface area contributed by atoms with Crippen molar-refractivity contribution in [2.45, 2.75) is 51.3 Å². The Kier molecular flexibility index (Phi) is 5.49. The maximum absolute atomic E-state index is 12.2. The van der Waals surface area contributed by atoms with Gasteiger partial charge in [-0.15, -0.1) is 0 Å². The Labute approximate surface area is 121 Å². The summed E-state index contributed by atoms with van der Waals surface area (Å²) in [6.45, 7) is 2.21. The lowest BCUT2D eigenvalue weighted by Gasteiger charge is -2.22. The number of alkyl halides is 2. The topological polar surface area (TPSA) is 68.2 Å². The summed E-state index contributed by atoms with van der Waals surface area (Å²) < 4.78 is 31.1. The number of nitrogens with zero attached hydrogens (tertiary/aromatic N) is 2. The van der Waals surface area contributed by atoms with Crippen LogP contribution in [-0.2, 0) is 11.3 Å². The van der Waals surface area contributed by atoms with Crippen molar-refractivity contribution in [3.05, 3.63) is 12.3 Å². The molecule has 8 heteroatoms. The van der Waals surface area contributed by atoms with Gasteiger partial charge < -0.3 is 10.1 Å². The molecule has 1 aliphatic heterocycles. The van der Waals surface area contributed by atoms with Gasteiger partial charge in [-0.25, -0.2) is 13.6 Å². The molecule has 2 amide bonds. The van der Waals surface area contributed by atoms with Crippen molar-refractivity contribution in [1.82, 2.24) is 15.1 Å². The largest absolute Gasteiger partial charge is 0.376 e. The maximum atomic E-state index is 12.2. The Morgan fingerprint density at radius 2 is 2.43 bits per heavy atom. The van der Waals surface area contributed by atoms with Gasteiger partial charge in [-0.3, -0.25) is 10.00 Å². The maximum Gasteiger partial charge on any atom is 0.320 e. The smallest absolute Gasteiger partial charge is 0.320 e. The first-order valence-electron chi connectivity index (χ1n) is 7.09. The fraction of sp³-hybridized carbons (Fsp3) is 0.692. The van der Waals surface area contributed by atoms with Crippen molar-refractivity contribution >= 4 is 11.8 Å². The average molecular weight is 302 g/mol. The van der Waals surface area contributed by atoms with E-state index in [0.717, 1.165) is 30.6 Å². The lowest BCUT2D eigenvalue weighted by Crippen LogP contribution is -2.44. The molecule has 0 aliphatic carbocycles. The van der Waals surface area contributed by atoms with Gasteiger partial charge in [-0.05, 0) is 19.3 Å². The monoisotopic (exact) mass is 302 g/mol. The van der Waals surface area contributed by atoms with Crippen LogP contribution in [0.3, 0.4) is 0 Å². The highest BCUT2D eigenvalue weighted by molar-refractivity contribution is 5.88. The quantitative estimate of drug-likeness (QED) is 0.846. The molecule has 118 valence electrons. The fourth-order valence-electron chi connectivity index (χ4n) is 2.37. The van der Waals surface area contributed by atoms with Crippen LogP contribution in [-0.4, -0.2) is 41.0 Å². The van der Waals surface area contributed by atoms with Gasteiger partial charge >= 0.3 is 6.03 Å². The number of carbonyl (C=O) groups excluding carboxylic acids is 1. The minimum atomic E-state index is -2.48. The van der Waals surface area contributed by atoms with E-state index in [1.165, 1.54) is 12.3 Å². The number of urea groups is 1. The van der Waals surface area contributed by atoms with Crippen molar-refractivity contribution in [2.75, 3.05) is 11.9 Å². The Morgan fingerprint density at radius 3 is 3.05 bits per heavy atom. The number of aromatic nitrogens is 2. The minimum Gasteiger partial charge on any atom is -0.376 e. The van der Waals surface area contributed by atoms with E-state index in [1.807, 2.05) is 6.92 Å². The molecule has 2 rings (SSSR count). The lowest BCUT2D eigenvalue weighted by atomic mass is 10.1. The molecule has 0 aromatic carbocycles. The first-order chi connectivity index (χ1) is 10.1. The molecule has 2 N–H and O–H groups in total. The van der Waals surface area contributed by atoms with Gasteiger partial charge in [-0.1, -0.05) is 6.92 Å². The van der Waals surface area contributed by atoms with E-state index in [4.69, 9.17) is 4.74 Å². The van der Waals surface area contributed by atoms with Crippen molar-refractivity contribution in [2.24, 2.45) is 0 Å². The molecule has 0 radical (unpaired) electrons. The second kappa shape index (κ2) is 7.35. The SMILES string of the molecule is CC[C@@H](NC(=O)Nc1ccn(CC(F)F)n1)[C@H]1CCCO1. The number of halogens is 2. The van der Waals surface area contributed by atoms with Gasteiger partial charge in [0.15, 0.2) is 5.82 Å². The van der Waals surface area contributed by atoms with Gasteiger partial charge in [0.25, 0.3) is 6.43 Å². The third kappa shape index (κ3) is 4.66. The van der Waals surface area contributed by atoms with E-state index in [9.17, 15) is 13.6 Å². The van der Waals surface area contributed by atoms with Gasteiger partial charge in [0.1, 0.15) is 6.54 Å². The zero-order chi connectivity index (χ0) is 15.2. The standard InChI is InChI=1S/C13H20F2N4O2/c1-2-9(10-4-3-7-21-10)16-13(20)17-12-5-6-19(18-12)8-11(14)15/h5-6,9-11H,2-4,7-8H2,1H3,(H2,16,17,18,20)/t9-,10-/m1/s1. The molecule has 1 aromatic heterocycles. The van der Waals surface area contributed by atoms with Crippen LogP contribution < -0.4 is 10.6 Å². The third-order valence-corrected chi connectivity index (χ3v) is 3.38. The van der Waals surface area contributed by atoms with E-state index in [1.54, 1.807) is 0 Å². The van der Waals surface area contributed by atoms with Crippen LogP contribution in [0.4, 0.5) is 19.4 Å².